The molecular formula is C11H11IN4O. The van der Waals surface area contributed by atoms with Crippen LogP contribution in [0.5, 0.6) is 0 Å². The van der Waals surface area contributed by atoms with Gasteiger partial charge in [0.1, 0.15) is 5.66 Å². The van der Waals surface area contributed by atoms with Gasteiger partial charge in [0.25, 0.3) is 0 Å². The van der Waals surface area contributed by atoms with Crippen LogP contribution in [0.3, 0.4) is 0 Å². The fourth-order valence-corrected chi connectivity index (χ4v) is 3.64. The number of nitrogens with zero attached hydrogens (tertiary/aromatic N) is 2. The summed E-state index contributed by atoms with van der Waals surface area (Å²) in [4.78, 5) is 12.2. The van der Waals surface area contributed by atoms with Crippen molar-refractivity contribution >= 4 is 28.5 Å². The first kappa shape index (κ1) is 12.2. The summed E-state index contributed by atoms with van der Waals surface area (Å²) in [5, 5.41) is 24.6. The Kier molecular flexibility index (Phi) is 2.25. The Morgan fingerprint density at radius 1 is 1.24 bits per heavy atom. The lowest BCUT2D eigenvalue weighted by molar-refractivity contribution is -0.125. The summed E-state index contributed by atoms with van der Waals surface area (Å²) in [5.74, 6) is -0.400. The maximum atomic E-state index is 12.2. The highest BCUT2D eigenvalue weighted by atomic mass is 127. The molecule has 1 saturated heterocycles. The fourth-order valence-electron chi connectivity index (χ4n) is 2.58. The van der Waals surface area contributed by atoms with E-state index in [1.807, 2.05) is 49.4 Å². The zero-order valence-corrected chi connectivity index (χ0v) is 11.8. The van der Waals surface area contributed by atoms with Gasteiger partial charge < -0.3 is 10.6 Å². The molecule has 5 nitrogen and oxygen atoms in total. The van der Waals surface area contributed by atoms with Gasteiger partial charge in [-0.15, -0.1) is 0 Å². The summed E-state index contributed by atoms with van der Waals surface area (Å²) in [6.45, 7) is 5.47. The van der Waals surface area contributed by atoms with Crippen LogP contribution in [0, 0.1) is 33.5 Å². The van der Waals surface area contributed by atoms with E-state index in [0.717, 1.165) is 0 Å². The number of nitrogens with one attached hydrogen (secondary N) is 2. The van der Waals surface area contributed by atoms with Crippen molar-refractivity contribution in [2.75, 3.05) is 0 Å². The van der Waals surface area contributed by atoms with Crippen molar-refractivity contribution in [1.29, 1.82) is 10.5 Å². The van der Waals surface area contributed by atoms with Gasteiger partial charge in [-0.3, -0.25) is 4.79 Å². The summed E-state index contributed by atoms with van der Waals surface area (Å²) in [6.07, 6.45) is 0. The largest absolute Gasteiger partial charge is 0.357 e. The minimum Gasteiger partial charge on any atom is -0.357 e. The number of rotatable bonds is 0. The first-order valence-corrected chi connectivity index (χ1v) is 6.17. The van der Waals surface area contributed by atoms with Crippen LogP contribution in [0.2, 0.25) is 0 Å². The van der Waals surface area contributed by atoms with Crippen molar-refractivity contribution in [1.82, 2.24) is 10.6 Å². The summed E-state index contributed by atoms with van der Waals surface area (Å²) >= 11 is 1.96. The zero-order chi connectivity index (χ0) is 13.1. The Morgan fingerprint density at radius 3 is 2.29 bits per heavy atom. The maximum absolute atomic E-state index is 12.2. The van der Waals surface area contributed by atoms with Crippen LogP contribution in [-0.4, -0.2) is 11.6 Å². The van der Waals surface area contributed by atoms with E-state index < -0.39 is 22.4 Å². The van der Waals surface area contributed by atoms with Gasteiger partial charge in [-0.2, -0.15) is 10.5 Å². The highest BCUT2D eigenvalue weighted by Crippen LogP contribution is 2.58. The van der Waals surface area contributed by atoms with Crippen LogP contribution < -0.4 is 10.6 Å². The van der Waals surface area contributed by atoms with E-state index in [4.69, 9.17) is 0 Å². The average Bonchev–Trinajstić information content (AvgIpc) is 2.31. The predicted octanol–water partition coefficient (Wildman–Crippen LogP) is 1.14. The number of halogens is 1. The van der Waals surface area contributed by atoms with Crippen molar-refractivity contribution in [2.45, 2.75) is 26.4 Å². The molecule has 2 rings (SSSR count). The summed E-state index contributed by atoms with van der Waals surface area (Å²) in [7, 11) is 0. The molecule has 0 saturated carbocycles. The first-order valence-electron chi connectivity index (χ1n) is 5.09. The van der Waals surface area contributed by atoms with E-state index in [1.165, 1.54) is 0 Å². The van der Waals surface area contributed by atoms with Gasteiger partial charge in [0.15, 0.2) is 5.41 Å². The maximum Gasteiger partial charge on any atom is 0.248 e. The van der Waals surface area contributed by atoms with Crippen molar-refractivity contribution in [3.05, 3.63) is 9.28 Å². The summed E-state index contributed by atoms with van der Waals surface area (Å²) in [5.41, 5.74) is -2.61. The molecule has 0 aromatic carbocycles. The fraction of sp³-hybridized carbons (Fsp3) is 0.545. The highest BCUT2D eigenvalue weighted by molar-refractivity contribution is 14.1. The van der Waals surface area contributed by atoms with Crippen LogP contribution in [0.4, 0.5) is 0 Å². The first-order chi connectivity index (χ1) is 7.77. The van der Waals surface area contributed by atoms with E-state index >= 15 is 0 Å². The van der Waals surface area contributed by atoms with Gasteiger partial charge in [-0.05, 0) is 29.5 Å². The molecule has 2 bridgehead atoms. The second-order valence-electron chi connectivity index (χ2n) is 4.99. The minimum absolute atomic E-state index is 0.207. The Bertz CT molecular complexity index is 539. The Morgan fingerprint density at radius 2 is 1.82 bits per heavy atom. The average molecular weight is 342 g/mol. The van der Waals surface area contributed by atoms with Crippen LogP contribution in [0.1, 0.15) is 20.8 Å². The molecule has 0 radical (unpaired) electrons. The molecule has 0 spiro atoms. The number of hydrogen-bond acceptors (Lipinski definition) is 4. The number of nitriles is 2. The van der Waals surface area contributed by atoms with Crippen LogP contribution in [-0.2, 0) is 4.79 Å². The lowest BCUT2D eigenvalue weighted by Crippen LogP contribution is -2.62. The van der Waals surface area contributed by atoms with Gasteiger partial charge in [0.05, 0.1) is 21.4 Å². The van der Waals surface area contributed by atoms with Gasteiger partial charge in [0.2, 0.25) is 5.91 Å². The van der Waals surface area contributed by atoms with Crippen LogP contribution >= 0.6 is 22.6 Å². The second kappa shape index (κ2) is 3.14. The number of carbonyl (C=O) groups excluding carboxylic acids is 1. The molecule has 2 N–H and O–H groups in total. The van der Waals surface area contributed by atoms with E-state index in [0.29, 0.717) is 3.70 Å². The van der Waals surface area contributed by atoms with Crippen LogP contribution in [0.15, 0.2) is 9.28 Å². The molecule has 0 aliphatic carbocycles. The molecule has 17 heavy (non-hydrogen) atoms. The van der Waals surface area contributed by atoms with Gasteiger partial charge in [-0.25, -0.2) is 0 Å². The Labute approximate surface area is 113 Å². The monoisotopic (exact) mass is 342 g/mol. The summed E-state index contributed by atoms with van der Waals surface area (Å²) in [6, 6.07) is 4.07. The van der Waals surface area contributed by atoms with E-state index in [9.17, 15) is 15.3 Å². The molecular weight excluding hydrogens is 331 g/mol. The number of amides is 1. The van der Waals surface area contributed by atoms with E-state index in [2.05, 4.69) is 16.7 Å². The molecule has 6 heteroatoms. The van der Waals surface area contributed by atoms with Gasteiger partial charge >= 0.3 is 0 Å². The van der Waals surface area contributed by atoms with Gasteiger partial charge in [-0.1, -0.05) is 13.8 Å². The predicted molar refractivity (Wildman–Crippen MR) is 68.2 cm³/mol. The van der Waals surface area contributed by atoms with E-state index in [1.54, 1.807) is 0 Å². The molecule has 0 unspecified atom stereocenters. The number of fused-ring (bicyclic) bond motifs is 2. The number of hydrogen-bond donors (Lipinski definition) is 2. The van der Waals surface area contributed by atoms with Crippen molar-refractivity contribution in [2.24, 2.45) is 10.8 Å². The molecule has 0 aromatic heterocycles. The highest BCUT2D eigenvalue weighted by Gasteiger charge is 2.71. The number of carbonyl (C=O) groups is 1. The third kappa shape index (κ3) is 1.05. The second-order valence-corrected chi connectivity index (χ2v) is 6.07. The third-order valence-corrected chi connectivity index (χ3v) is 4.93. The Hall–Kier alpha value is -1.28. The normalized spacial score (nSPS) is 37.9. The smallest absolute Gasteiger partial charge is 0.248 e. The summed E-state index contributed by atoms with van der Waals surface area (Å²) < 4.78 is 0.562. The molecule has 1 fully saturated rings. The van der Waals surface area contributed by atoms with Crippen LogP contribution in [0.25, 0.3) is 0 Å². The standard InChI is InChI=1S/C11H11IN4O/c1-9(2)10(3)15-7(12)6(4-13)11(9,5-14)8(17)16-10/h15H,1-3H3,(H,16,17)/t10-,11-/m1/s1. The SMILES string of the molecule is CC1(C)[C@@]2(C)NC(=O)[C@@]1(C#N)C(C#N)=C(I)N2. The van der Waals surface area contributed by atoms with Crippen molar-refractivity contribution < 1.29 is 4.79 Å². The lowest BCUT2D eigenvalue weighted by Gasteiger charge is -2.47. The molecule has 2 heterocycles. The van der Waals surface area contributed by atoms with Gasteiger partial charge in [0, 0.05) is 5.41 Å². The molecule has 88 valence electrons. The molecule has 1 amide bonds. The molecule has 0 aromatic rings. The van der Waals surface area contributed by atoms with Crippen molar-refractivity contribution in [3.8, 4) is 12.1 Å². The quantitative estimate of drug-likeness (QED) is 0.510. The molecule has 2 atom stereocenters. The topological polar surface area (TPSA) is 88.7 Å². The lowest BCUT2D eigenvalue weighted by atomic mass is 9.58. The Balaban J connectivity index is 2.87. The third-order valence-electron chi connectivity index (χ3n) is 4.13. The van der Waals surface area contributed by atoms with E-state index in [-0.39, 0.29) is 5.57 Å². The van der Waals surface area contributed by atoms with Crippen molar-refractivity contribution in [3.63, 3.8) is 0 Å². The zero-order valence-electron chi connectivity index (χ0n) is 9.68. The molecule has 2 aliphatic heterocycles. The molecule has 2 aliphatic rings. The minimum atomic E-state index is -1.40.